The fraction of sp³-hybridized carbons (Fsp3) is 0.435. The van der Waals surface area contributed by atoms with Gasteiger partial charge in [-0.1, -0.05) is 23.7 Å². The second-order valence-electron chi connectivity index (χ2n) is 8.37. The van der Waals surface area contributed by atoms with Gasteiger partial charge in [0.05, 0.1) is 6.17 Å². The van der Waals surface area contributed by atoms with Crippen LogP contribution in [0.5, 0.6) is 0 Å². The molecule has 4 rings (SSSR count). The second kappa shape index (κ2) is 9.35. The zero-order chi connectivity index (χ0) is 21.1. The number of piperidine rings is 1. The van der Waals surface area contributed by atoms with Crippen molar-refractivity contribution < 1.29 is 4.79 Å². The maximum Gasteiger partial charge on any atom is 0.251 e. The first-order chi connectivity index (χ1) is 14.5. The Kier molecular flexibility index (Phi) is 6.58. The van der Waals surface area contributed by atoms with Gasteiger partial charge in [-0.3, -0.25) is 9.69 Å². The van der Waals surface area contributed by atoms with Crippen molar-refractivity contribution >= 4 is 23.2 Å². The van der Waals surface area contributed by atoms with Crippen LogP contribution in [0.15, 0.2) is 48.5 Å². The molecule has 6 nitrogen and oxygen atoms in total. The molecule has 0 spiro atoms. The summed E-state index contributed by atoms with van der Waals surface area (Å²) < 4.78 is 0. The van der Waals surface area contributed by atoms with E-state index in [0.29, 0.717) is 6.17 Å². The SMILES string of the molecule is CN(C)c1ccc(C(=O)NC2CCN(C3CC(c4ccc(Cl)cc4)NN3)CC2)cc1. The summed E-state index contributed by atoms with van der Waals surface area (Å²) in [7, 11) is 3.99. The lowest BCUT2D eigenvalue weighted by molar-refractivity contribution is 0.0880. The quantitative estimate of drug-likeness (QED) is 0.684. The molecule has 0 aliphatic carbocycles. The zero-order valence-corrected chi connectivity index (χ0v) is 18.3. The number of amides is 1. The normalized spacial score (nSPS) is 22.8. The molecular weight excluding hydrogens is 398 g/mol. The number of benzene rings is 2. The van der Waals surface area contributed by atoms with Crippen molar-refractivity contribution in [2.24, 2.45) is 0 Å². The van der Waals surface area contributed by atoms with Crippen molar-refractivity contribution in [2.45, 2.75) is 37.5 Å². The third kappa shape index (κ3) is 4.95. The van der Waals surface area contributed by atoms with E-state index in [0.717, 1.165) is 48.6 Å². The molecule has 2 saturated heterocycles. The van der Waals surface area contributed by atoms with Crippen LogP contribution in [0.1, 0.15) is 41.2 Å². The number of likely N-dealkylation sites (tertiary alicyclic amines) is 1. The van der Waals surface area contributed by atoms with E-state index in [1.165, 1.54) is 5.56 Å². The average Bonchev–Trinajstić information content (AvgIpc) is 3.25. The third-order valence-corrected chi connectivity index (χ3v) is 6.36. The molecule has 160 valence electrons. The smallest absolute Gasteiger partial charge is 0.251 e. The summed E-state index contributed by atoms with van der Waals surface area (Å²) >= 11 is 6.00. The van der Waals surface area contributed by atoms with Crippen LogP contribution >= 0.6 is 11.6 Å². The van der Waals surface area contributed by atoms with Gasteiger partial charge in [-0.15, -0.1) is 0 Å². The molecule has 2 fully saturated rings. The van der Waals surface area contributed by atoms with Crippen molar-refractivity contribution in [3.63, 3.8) is 0 Å². The lowest BCUT2D eigenvalue weighted by Crippen LogP contribution is -2.51. The zero-order valence-electron chi connectivity index (χ0n) is 17.6. The van der Waals surface area contributed by atoms with E-state index in [2.05, 4.69) is 33.2 Å². The highest BCUT2D eigenvalue weighted by atomic mass is 35.5. The van der Waals surface area contributed by atoms with Crippen LogP contribution in [0.25, 0.3) is 0 Å². The Morgan fingerprint density at radius 2 is 1.70 bits per heavy atom. The lowest BCUT2D eigenvalue weighted by atomic mass is 10.0. The van der Waals surface area contributed by atoms with Crippen LogP contribution in [-0.4, -0.2) is 50.2 Å². The monoisotopic (exact) mass is 427 g/mol. The molecule has 2 aliphatic heterocycles. The fourth-order valence-corrected chi connectivity index (χ4v) is 4.35. The number of rotatable bonds is 5. The van der Waals surface area contributed by atoms with Crippen LogP contribution in [0.4, 0.5) is 5.69 Å². The Labute approximate surface area is 183 Å². The van der Waals surface area contributed by atoms with Gasteiger partial charge in [-0.25, -0.2) is 10.9 Å². The molecule has 0 radical (unpaired) electrons. The van der Waals surface area contributed by atoms with Crippen LogP contribution < -0.4 is 21.1 Å². The van der Waals surface area contributed by atoms with Gasteiger partial charge in [0, 0.05) is 55.5 Å². The van der Waals surface area contributed by atoms with Gasteiger partial charge in [0.15, 0.2) is 0 Å². The molecule has 0 saturated carbocycles. The molecule has 7 heteroatoms. The maximum absolute atomic E-state index is 12.6. The van der Waals surface area contributed by atoms with Gasteiger partial charge in [0.2, 0.25) is 0 Å². The first-order valence-electron chi connectivity index (χ1n) is 10.6. The fourth-order valence-electron chi connectivity index (χ4n) is 4.23. The summed E-state index contributed by atoms with van der Waals surface area (Å²) in [6.45, 7) is 1.94. The molecule has 2 atom stereocenters. The highest BCUT2D eigenvalue weighted by Crippen LogP contribution is 2.26. The Balaban J connectivity index is 1.25. The number of carbonyl (C=O) groups excluding carboxylic acids is 1. The number of carbonyl (C=O) groups is 1. The first kappa shape index (κ1) is 21.1. The predicted molar refractivity (Wildman–Crippen MR) is 122 cm³/mol. The first-order valence-corrected chi connectivity index (χ1v) is 11.0. The highest BCUT2D eigenvalue weighted by Gasteiger charge is 2.32. The molecule has 2 aromatic rings. The molecule has 0 bridgehead atoms. The molecule has 2 heterocycles. The molecule has 1 amide bonds. The summed E-state index contributed by atoms with van der Waals surface area (Å²) in [4.78, 5) is 17.1. The van der Waals surface area contributed by atoms with Crippen LogP contribution in [0, 0.1) is 0 Å². The van der Waals surface area contributed by atoms with Crippen LogP contribution in [0.2, 0.25) is 5.02 Å². The van der Waals surface area contributed by atoms with Gasteiger partial charge in [0.25, 0.3) is 5.91 Å². The number of anilines is 1. The van der Waals surface area contributed by atoms with E-state index in [1.807, 2.05) is 55.4 Å². The van der Waals surface area contributed by atoms with Crippen molar-refractivity contribution in [3.8, 4) is 0 Å². The topological polar surface area (TPSA) is 59.6 Å². The summed E-state index contributed by atoms with van der Waals surface area (Å²) in [6.07, 6.45) is 3.24. The maximum atomic E-state index is 12.6. The minimum atomic E-state index is 0.0159. The molecular formula is C23H30ClN5O. The predicted octanol–water partition coefficient (Wildman–Crippen LogP) is 3.17. The van der Waals surface area contributed by atoms with E-state index in [1.54, 1.807) is 0 Å². The van der Waals surface area contributed by atoms with E-state index >= 15 is 0 Å². The summed E-state index contributed by atoms with van der Waals surface area (Å²) in [5, 5.41) is 3.97. The standard InChI is InChI=1S/C23H30ClN5O/c1-28(2)20-9-5-17(6-10-20)23(30)25-19-11-13-29(14-12-19)22-15-21(26-27-22)16-3-7-18(24)8-4-16/h3-10,19,21-22,26-27H,11-15H2,1-2H3,(H,25,30). The number of nitrogens with one attached hydrogen (secondary N) is 3. The molecule has 2 unspecified atom stereocenters. The lowest BCUT2D eigenvalue weighted by Gasteiger charge is -2.35. The Hall–Kier alpha value is -2.12. The summed E-state index contributed by atoms with van der Waals surface area (Å²) in [5.41, 5.74) is 9.90. The molecule has 30 heavy (non-hydrogen) atoms. The Morgan fingerprint density at radius 3 is 2.33 bits per heavy atom. The molecule has 3 N–H and O–H groups in total. The van der Waals surface area contributed by atoms with Gasteiger partial charge >= 0.3 is 0 Å². The number of nitrogens with zero attached hydrogens (tertiary/aromatic N) is 2. The van der Waals surface area contributed by atoms with Crippen molar-refractivity contribution in [3.05, 3.63) is 64.7 Å². The van der Waals surface area contributed by atoms with Gasteiger partial charge in [0.1, 0.15) is 0 Å². The van der Waals surface area contributed by atoms with E-state index in [4.69, 9.17) is 11.6 Å². The molecule has 2 aliphatic rings. The molecule has 0 aromatic heterocycles. The number of hydrogen-bond donors (Lipinski definition) is 3. The molecule has 2 aromatic carbocycles. The third-order valence-electron chi connectivity index (χ3n) is 6.11. The van der Waals surface area contributed by atoms with Crippen LogP contribution in [0.3, 0.4) is 0 Å². The van der Waals surface area contributed by atoms with Crippen molar-refractivity contribution in [2.75, 3.05) is 32.1 Å². The van der Waals surface area contributed by atoms with E-state index < -0.39 is 0 Å². The number of hydrogen-bond acceptors (Lipinski definition) is 5. The number of halogens is 1. The van der Waals surface area contributed by atoms with E-state index in [9.17, 15) is 4.79 Å². The van der Waals surface area contributed by atoms with Gasteiger partial charge in [-0.2, -0.15) is 0 Å². The van der Waals surface area contributed by atoms with Crippen molar-refractivity contribution in [1.29, 1.82) is 0 Å². The second-order valence-corrected chi connectivity index (χ2v) is 8.81. The highest BCUT2D eigenvalue weighted by molar-refractivity contribution is 6.30. The largest absolute Gasteiger partial charge is 0.378 e. The summed E-state index contributed by atoms with van der Waals surface area (Å²) in [5.74, 6) is 0.0159. The van der Waals surface area contributed by atoms with Gasteiger partial charge < -0.3 is 10.2 Å². The van der Waals surface area contributed by atoms with E-state index in [-0.39, 0.29) is 18.0 Å². The Morgan fingerprint density at radius 1 is 1.03 bits per heavy atom. The minimum Gasteiger partial charge on any atom is -0.378 e. The van der Waals surface area contributed by atoms with Crippen molar-refractivity contribution in [1.82, 2.24) is 21.1 Å². The van der Waals surface area contributed by atoms with Gasteiger partial charge in [-0.05, 0) is 61.2 Å². The minimum absolute atomic E-state index is 0.0159. The number of hydrazine groups is 1. The summed E-state index contributed by atoms with van der Waals surface area (Å²) in [6, 6.07) is 16.3. The van der Waals surface area contributed by atoms with Crippen LogP contribution in [-0.2, 0) is 0 Å². The average molecular weight is 428 g/mol. The Bertz CT molecular complexity index is 847.